The van der Waals surface area contributed by atoms with Crippen LogP contribution in [0.25, 0.3) is 0 Å². The fourth-order valence-electron chi connectivity index (χ4n) is 1.31. The van der Waals surface area contributed by atoms with Gasteiger partial charge in [-0.05, 0) is 18.3 Å². The maximum atomic E-state index is 11.3. The largest absolute Gasteiger partial charge is 0.480 e. The summed E-state index contributed by atoms with van der Waals surface area (Å²) < 4.78 is 0. The summed E-state index contributed by atoms with van der Waals surface area (Å²) >= 11 is 0. The summed E-state index contributed by atoms with van der Waals surface area (Å²) in [6.07, 6.45) is 1.16. The van der Waals surface area contributed by atoms with E-state index in [-0.39, 0.29) is 12.6 Å². The second-order valence-electron chi connectivity index (χ2n) is 3.91. The normalized spacial score (nSPS) is 24.1. The van der Waals surface area contributed by atoms with Gasteiger partial charge in [0.05, 0.1) is 0 Å². The van der Waals surface area contributed by atoms with Gasteiger partial charge in [0.2, 0.25) is 0 Å². The Kier molecular flexibility index (Phi) is 3.33. The lowest BCUT2D eigenvalue weighted by molar-refractivity contribution is -0.137. The zero-order valence-electron chi connectivity index (χ0n) is 8.49. The van der Waals surface area contributed by atoms with E-state index in [9.17, 15) is 9.59 Å². The minimum absolute atomic E-state index is 0.258. The van der Waals surface area contributed by atoms with Gasteiger partial charge in [-0.15, -0.1) is 0 Å². The zero-order chi connectivity index (χ0) is 10.7. The van der Waals surface area contributed by atoms with Gasteiger partial charge in [0.25, 0.3) is 0 Å². The smallest absolute Gasteiger partial charge is 0.323 e. The second kappa shape index (κ2) is 4.30. The highest BCUT2D eigenvalue weighted by Crippen LogP contribution is 2.36. The van der Waals surface area contributed by atoms with E-state index < -0.39 is 5.97 Å². The first-order valence-corrected chi connectivity index (χ1v) is 4.71. The van der Waals surface area contributed by atoms with Crippen LogP contribution in [0, 0.1) is 11.8 Å². The number of urea groups is 1. The predicted molar refractivity (Wildman–Crippen MR) is 50.9 cm³/mol. The molecule has 1 aliphatic rings. The van der Waals surface area contributed by atoms with Crippen molar-refractivity contribution in [2.45, 2.75) is 13.3 Å². The van der Waals surface area contributed by atoms with E-state index in [0.29, 0.717) is 18.4 Å². The molecule has 2 unspecified atom stereocenters. The average Bonchev–Trinajstić information content (AvgIpc) is 2.76. The quantitative estimate of drug-likeness (QED) is 0.688. The molecule has 0 aromatic heterocycles. The fraction of sp³-hybridized carbons (Fsp3) is 0.778. The molecule has 0 spiro atoms. The molecule has 80 valence electrons. The number of hydrogen-bond donors (Lipinski definition) is 2. The third-order valence-electron chi connectivity index (χ3n) is 2.51. The number of carboxylic acids is 1. The summed E-state index contributed by atoms with van der Waals surface area (Å²) in [4.78, 5) is 22.7. The first-order valence-electron chi connectivity index (χ1n) is 4.71. The predicted octanol–water partition coefficient (Wildman–Crippen LogP) is 0.368. The molecule has 0 aliphatic heterocycles. The molecular weight excluding hydrogens is 184 g/mol. The SMILES string of the molecule is CC1CC1CNC(=O)N(C)CC(=O)O. The van der Waals surface area contributed by atoms with Crippen LogP contribution < -0.4 is 5.32 Å². The van der Waals surface area contributed by atoms with Crippen molar-refractivity contribution in [2.75, 3.05) is 20.1 Å². The number of likely N-dealkylation sites (N-methyl/N-ethyl adjacent to an activating group) is 1. The first kappa shape index (κ1) is 10.8. The van der Waals surface area contributed by atoms with E-state index in [0.717, 1.165) is 11.3 Å². The van der Waals surface area contributed by atoms with Crippen molar-refractivity contribution in [3.05, 3.63) is 0 Å². The Bertz CT molecular complexity index is 242. The number of nitrogens with zero attached hydrogens (tertiary/aromatic N) is 1. The number of carboxylic acid groups (broad SMARTS) is 1. The van der Waals surface area contributed by atoms with Gasteiger partial charge in [-0.3, -0.25) is 4.79 Å². The number of nitrogens with one attached hydrogen (secondary N) is 1. The molecule has 5 nitrogen and oxygen atoms in total. The first-order chi connectivity index (χ1) is 6.50. The summed E-state index contributed by atoms with van der Waals surface area (Å²) in [6, 6.07) is -0.313. The average molecular weight is 200 g/mol. The molecule has 5 heteroatoms. The van der Waals surface area contributed by atoms with E-state index in [1.807, 2.05) is 0 Å². The molecule has 0 heterocycles. The Morgan fingerprint density at radius 2 is 2.14 bits per heavy atom. The number of aliphatic carboxylic acids is 1. The van der Waals surface area contributed by atoms with Crippen molar-refractivity contribution in [1.82, 2.24) is 10.2 Å². The maximum absolute atomic E-state index is 11.3. The van der Waals surface area contributed by atoms with Gasteiger partial charge in [-0.2, -0.15) is 0 Å². The van der Waals surface area contributed by atoms with Crippen LogP contribution in [0.5, 0.6) is 0 Å². The molecule has 1 saturated carbocycles. The lowest BCUT2D eigenvalue weighted by atomic mass is 10.3. The van der Waals surface area contributed by atoms with Crippen LogP contribution in [-0.2, 0) is 4.79 Å². The van der Waals surface area contributed by atoms with E-state index in [1.54, 1.807) is 0 Å². The van der Waals surface area contributed by atoms with Crippen molar-refractivity contribution in [1.29, 1.82) is 0 Å². The zero-order valence-corrected chi connectivity index (χ0v) is 8.49. The van der Waals surface area contributed by atoms with E-state index >= 15 is 0 Å². The molecular formula is C9H16N2O3. The lowest BCUT2D eigenvalue weighted by Gasteiger charge is -2.15. The Hall–Kier alpha value is -1.26. The molecule has 0 aromatic carbocycles. The monoisotopic (exact) mass is 200 g/mol. The molecule has 2 amide bonds. The molecule has 0 radical (unpaired) electrons. The highest BCUT2D eigenvalue weighted by molar-refractivity contribution is 5.79. The topological polar surface area (TPSA) is 69.6 Å². The molecule has 0 bridgehead atoms. The molecule has 1 aliphatic carbocycles. The van der Waals surface area contributed by atoms with Gasteiger partial charge >= 0.3 is 12.0 Å². The molecule has 0 aromatic rings. The standard InChI is InChI=1S/C9H16N2O3/c1-6-3-7(6)4-10-9(14)11(2)5-8(12)13/h6-7H,3-5H2,1-2H3,(H,10,14)(H,12,13). The van der Waals surface area contributed by atoms with Crippen LogP contribution in [0.4, 0.5) is 4.79 Å². The Morgan fingerprint density at radius 1 is 1.57 bits per heavy atom. The van der Waals surface area contributed by atoms with Crippen molar-refractivity contribution < 1.29 is 14.7 Å². The van der Waals surface area contributed by atoms with Gasteiger partial charge in [0.15, 0.2) is 0 Å². The maximum Gasteiger partial charge on any atom is 0.323 e. The van der Waals surface area contributed by atoms with Crippen molar-refractivity contribution in [3.8, 4) is 0 Å². The second-order valence-corrected chi connectivity index (χ2v) is 3.91. The van der Waals surface area contributed by atoms with Gasteiger partial charge in [0, 0.05) is 13.6 Å². The van der Waals surface area contributed by atoms with Crippen molar-refractivity contribution in [2.24, 2.45) is 11.8 Å². The van der Waals surface area contributed by atoms with E-state index in [4.69, 9.17) is 5.11 Å². The Labute approximate surface area is 83.1 Å². The van der Waals surface area contributed by atoms with Crippen LogP contribution >= 0.6 is 0 Å². The lowest BCUT2D eigenvalue weighted by Crippen LogP contribution is -2.40. The van der Waals surface area contributed by atoms with Gasteiger partial charge in [-0.25, -0.2) is 4.79 Å². The fourth-order valence-corrected chi connectivity index (χ4v) is 1.31. The van der Waals surface area contributed by atoms with Crippen LogP contribution in [0.3, 0.4) is 0 Å². The summed E-state index contributed by atoms with van der Waals surface area (Å²) in [5.41, 5.74) is 0. The summed E-state index contributed by atoms with van der Waals surface area (Å²) in [5.74, 6) is 0.277. The summed E-state index contributed by atoms with van der Waals surface area (Å²) in [6.45, 7) is 2.54. The summed E-state index contributed by atoms with van der Waals surface area (Å²) in [7, 11) is 1.47. The highest BCUT2D eigenvalue weighted by atomic mass is 16.4. The van der Waals surface area contributed by atoms with E-state index in [2.05, 4.69) is 12.2 Å². The molecule has 14 heavy (non-hydrogen) atoms. The number of amides is 2. The van der Waals surface area contributed by atoms with Crippen LogP contribution in [-0.4, -0.2) is 42.1 Å². The van der Waals surface area contributed by atoms with Crippen molar-refractivity contribution in [3.63, 3.8) is 0 Å². The van der Waals surface area contributed by atoms with Crippen LogP contribution in [0.2, 0.25) is 0 Å². The molecule has 0 saturated heterocycles. The number of rotatable bonds is 4. The number of hydrogen-bond acceptors (Lipinski definition) is 2. The highest BCUT2D eigenvalue weighted by Gasteiger charge is 2.32. The third-order valence-corrected chi connectivity index (χ3v) is 2.51. The van der Waals surface area contributed by atoms with E-state index in [1.165, 1.54) is 7.05 Å². The molecule has 2 atom stereocenters. The van der Waals surface area contributed by atoms with Crippen LogP contribution in [0.1, 0.15) is 13.3 Å². The molecule has 1 fully saturated rings. The minimum Gasteiger partial charge on any atom is -0.480 e. The van der Waals surface area contributed by atoms with Gasteiger partial charge in [0.1, 0.15) is 6.54 Å². The molecule has 1 rings (SSSR count). The van der Waals surface area contributed by atoms with Crippen LogP contribution in [0.15, 0.2) is 0 Å². The summed E-state index contributed by atoms with van der Waals surface area (Å²) in [5, 5.41) is 11.1. The minimum atomic E-state index is -0.998. The third kappa shape index (κ3) is 3.24. The van der Waals surface area contributed by atoms with Crippen molar-refractivity contribution >= 4 is 12.0 Å². The Balaban J connectivity index is 2.16. The Morgan fingerprint density at radius 3 is 2.57 bits per heavy atom. The molecule has 2 N–H and O–H groups in total. The van der Waals surface area contributed by atoms with Gasteiger partial charge < -0.3 is 15.3 Å². The number of carbonyl (C=O) groups is 2. The number of carbonyl (C=O) groups excluding carboxylic acids is 1. The van der Waals surface area contributed by atoms with Gasteiger partial charge in [-0.1, -0.05) is 6.92 Å².